The third-order valence-corrected chi connectivity index (χ3v) is 5.08. The first-order valence-electron chi connectivity index (χ1n) is 8.92. The summed E-state index contributed by atoms with van der Waals surface area (Å²) in [5.41, 5.74) is 1.36. The molecule has 2 heterocycles. The maximum atomic E-state index is 12.9. The summed E-state index contributed by atoms with van der Waals surface area (Å²) in [6.45, 7) is 1.23. The van der Waals surface area contributed by atoms with Gasteiger partial charge in [-0.05, 0) is 30.9 Å². The molecule has 1 saturated carbocycles. The van der Waals surface area contributed by atoms with Gasteiger partial charge in [0.2, 0.25) is 5.95 Å². The normalized spacial score (nSPS) is 25.0. The van der Waals surface area contributed by atoms with E-state index in [0.29, 0.717) is 24.7 Å². The molecule has 4 rings (SSSR count). The Kier molecular flexibility index (Phi) is 4.81. The number of anilines is 2. The average Bonchev–Trinajstić information content (AvgIpc) is 3.12. The van der Waals surface area contributed by atoms with Crippen molar-refractivity contribution < 1.29 is 14.6 Å². The lowest BCUT2D eigenvalue weighted by atomic mass is 10.1. The van der Waals surface area contributed by atoms with Crippen LogP contribution in [0.1, 0.15) is 23.2 Å². The third kappa shape index (κ3) is 3.40. The number of nitrogens with zero attached hydrogens (tertiary/aromatic N) is 3. The predicted octanol–water partition coefficient (Wildman–Crippen LogP) is 1.83. The minimum absolute atomic E-state index is 0.0183. The fourth-order valence-corrected chi connectivity index (χ4v) is 3.77. The lowest BCUT2D eigenvalue weighted by Crippen LogP contribution is -2.51. The summed E-state index contributed by atoms with van der Waals surface area (Å²) in [6.07, 6.45) is 4.72. The lowest BCUT2D eigenvalue weighted by Gasteiger charge is -2.37. The number of benzene rings is 1. The molecule has 136 valence electrons. The zero-order valence-electron chi connectivity index (χ0n) is 14.4. The zero-order valence-corrected chi connectivity index (χ0v) is 14.4. The zero-order chi connectivity index (χ0) is 17.9. The topological polar surface area (TPSA) is 87.6 Å². The van der Waals surface area contributed by atoms with E-state index in [1.54, 1.807) is 12.4 Å². The molecular weight excluding hydrogens is 332 g/mol. The monoisotopic (exact) mass is 354 g/mol. The Bertz CT molecular complexity index is 753. The van der Waals surface area contributed by atoms with Crippen molar-refractivity contribution in [2.45, 2.75) is 25.0 Å². The van der Waals surface area contributed by atoms with Gasteiger partial charge in [0.05, 0.1) is 24.3 Å². The number of fused-ring (bicyclic) bond motifs is 1. The van der Waals surface area contributed by atoms with Gasteiger partial charge in [0, 0.05) is 31.2 Å². The van der Waals surface area contributed by atoms with Gasteiger partial charge in [-0.2, -0.15) is 0 Å². The molecule has 0 bridgehead atoms. The number of hydrogen-bond acceptors (Lipinski definition) is 6. The number of morpholine rings is 1. The smallest absolute Gasteiger partial charge is 0.257 e. The van der Waals surface area contributed by atoms with Crippen molar-refractivity contribution in [3.63, 3.8) is 0 Å². The number of hydrogen-bond donors (Lipinski definition) is 2. The van der Waals surface area contributed by atoms with E-state index in [1.807, 2.05) is 35.2 Å². The van der Waals surface area contributed by atoms with Crippen LogP contribution in [-0.4, -0.2) is 57.8 Å². The van der Waals surface area contributed by atoms with Crippen molar-refractivity contribution in [1.82, 2.24) is 14.9 Å². The molecule has 7 heteroatoms. The van der Waals surface area contributed by atoms with Gasteiger partial charge in [-0.25, -0.2) is 9.97 Å². The minimum Gasteiger partial charge on any atom is -0.396 e. The Morgan fingerprint density at radius 2 is 2.00 bits per heavy atom. The molecule has 2 N–H and O–H groups in total. The van der Waals surface area contributed by atoms with E-state index in [0.717, 1.165) is 18.5 Å². The average molecular weight is 354 g/mol. The summed E-state index contributed by atoms with van der Waals surface area (Å²) in [5, 5.41) is 12.5. The number of aliphatic hydroxyl groups is 1. The van der Waals surface area contributed by atoms with E-state index in [4.69, 9.17) is 4.74 Å². The van der Waals surface area contributed by atoms with Crippen LogP contribution in [0.5, 0.6) is 0 Å². The summed E-state index contributed by atoms with van der Waals surface area (Å²) in [5.74, 6) is 0.578. The molecule has 0 radical (unpaired) electrons. The highest BCUT2D eigenvalue weighted by Crippen LogP contribution is 2.34. The molecule has 1 saturated heterocycles. The fraction of sp³-hybridized carbons (Fsp3) is 0.421. The lowest BCUT2D eigenvalue weighted by molar-refractivity contribution is -0.0449. The first-order valence-corrected chi connectivity index (χ1v) is 8.92. The summed E-state index contributed by atoms with van der Waals surface area (Å²) in [7, 11) is 0. The predicted molar refractivity (Wildman–Crippen MR) is 96.1 cm³/mol. The Morgan fingerprint density at radius 3 is 2.73 bits per heavy atom. The summed E-state index contributed by atoms with van der Waals surface area (Å²) < 4.78 is 5.79. The highest BCUT2D eigenvalue weighted by atomic mass is 16.5. The van der Waals surface area contributed by atoms with Crippen molar-refractivity contribution in [1.29, 1.82) is 0 Å². The second kappa shape index (κ2) is 7.39. The van der Waals surface area contributed by atoms with Gasteiger partial charge in [0.1, 0.15) is 0 Å². The molecule has 1 amide bonds. The van der Waals surface area contributed by atoms with Crippen molar-refractivity contribution in [2.75, 3.05) is 25.1 Å². The molecule has 1 aliphatic heterocycles. The number of aliphatic hydroxyl groups excluding tert-OH is 1. The molecule has 0 spiro atoms. The largest absolute Gasteiger partial charge is 0.396 e. The van der Waals surface area contributed by atoms with E-state index in [-0.39, 0.29) is 30.6 Å². The number of nitrogens with one attached hydrogen (secondary N) is 1. The molecule has 2 fully saturated rings. The molecule has 26 heavy (non-hydrogen) atoms. The third-order valence-electron chi connectivity index (χ3n) is 5.08. The van der Waals surface area contributed by atoms with Crippen LogP contribution in [-0.2, 0) is 4.74 Å². The van der Waals surface area contributed by atoms with Crippen LogP contribution in [0.3, 0.4) is 0 Å². The number of aromatic nitrogens is 2. The second-order valence-corrected chi connectivity index (χ2v) is 6.78. The van der Waals surface area contributed by atoms with Crippen LogP contribution < -0.4 is 5.32 Å². The van der Waals surface area contributed by atoms with Crippen LogP contribution in [0.25, 0.3) is 0 Å². The van der Waals surface area contributed by atoms with Crippen molar-refractivity contribution in [2.24, 2.45) is 5.92 Å². The highest BCUT2D eigenvalue weighted by molar-refractivity contribution is 5.94. The second-order valence-electron chi connectivity index (χ2n) is 6.78. The molecule has 1 aromatic carbocycles. The van der Waals surface area contributed by atoms with Crippen molar-refractivity contribution >= 4 is 17.5 Å². The molecule has 3 atom stereocenters. The van der Waals surface area contributed by atoms with Gasteiger partial charge in [-0.1, -0.05) is 18.2 Å². The summed E-state index contributed by atoms with van der Waals surface area (Å²) in [4.78, 5) is 23.3. The van der Waals surface area contributed by atoms with Crippen LogP contribution >= 0.6 is 0 Å². The molecule has 7 nitrogen and oxygen atoms in total. The number of amides is 1. The number of carbonyl (C=O) groups is 1. The molecule has 1 aromatic heterocycles. The molecule has 2 aromatic rings. The fourth-order valence-electron chi connectivity index (χ4n) is 3.77. The standard InChI is InChI=1S/C19H22N4O3/c24-12-13-8-16-17(9-13)26-7-6-23(16)18(25)14-10-20-19(21-11-14)22-15-4-2-1-3-5-15/h1-5,10-11,13,16-17,24H,6-9,12H2,(H,20,21,22)/t13-,16+,17?/m1/s1. The molecule has 2 aliphatic rings. The number of ether oxygens (including phenoxy) is 1. The van der Waals surface area contributed by atoms with E-state index >= 15 is 0 Å². The summed E-state index contributed by atoms with van der Waals surface area (Å²) in [6, 6.07) is 9.66. The van der Waals surface area contributed by atoms with Crippen LogP contribution in [0, 0.1) is 5.92 Å². The van der Waals surface area contributed by atoms with E-state index < -0.39 is 0 Å². The molecule has 1 unspecified atom stereocenters. The number of rotatable bonds is 4. The number of carbonyl (C=O) groups excluding carboxylic acids is 1. The van der Waals surface area contributed by atoms with E-state index in [2.05, 4.69) is 15.3 Å². The maximum absolute atomic E-state index is 12.9. The van der Waals surface area contributed by atoms with Gasteiger partial charge in [0.25, 0.3) is 5.91 Å². The Balaban J connectivity index is 1.46. The van der Waals surface area contributed by atoms with Crippen LogP contribution in [0.15, 0.2) is 42.7 Å². The summed E-state index contributed by atoms with van der Waals surface area (Å²) >= 11 is 0. The van der Waals surface area contributed by atoms with Gasteiger partial charge in [0.15, 0.2) is 0 Å². The van der Waals surface area contributed by atoms with Crippen molar-refractivity contribution in [3.05, 3.63) is 48.3 Å². The molecular formula is C19H22N4O3. The minimum atomic E-state index is -0.0758. The van der Waals surface area contributed by atoms with Gasteiger partial charge < -0.3 is 20.1 Å². The first kappa shape index (κ1) is 16.9. The van der Waals surface area contributed by atoms with E-state index in [1.165, 1.54) is 0 Å². The Morgan fingerprint density at radius 1 is 1.23 bits per heavy atom. The Labute approximate surface area is 152 Å². The quantitative estimate of drug-likeness (QED) is 0.871. The van der Waals surface area contributed by atoms with Gasteiger partial charge >= 0.3 is 0 Å². The van der Waals surface area contributed by atoms with E-state index in [9.17, 15) is 9.90 Å². The maximum Gasteiger partial charge on any atom is 0.257 e. The van der Waals surface area contributed by atoms with Gasteiger partial charge in [-0.15, -0.1) is 0 Å². The highest BCUT2D eigenvalue weighted by Gasteiger charge is 2.42. The van der Waals surface area contributed by atoms with Crippen molar-refractivity contribution in [3.8, 4) is 0 Å². The Hall–Kier alpha value is -2.51. The molecule has 1 aliphatic carbocycles. The van der Waals surface area contributed by atoms with Gasteiger partial charge in [-0.3, -0.25) is 4.79 Å². The van der Waals surface area contributed by atoms with Crippen LogP contribution in [0.2, 0.25) is 0 Å². The SMILES string of the molecule is O=C(c1cnc(Nc2ccccc2)nc1)N1CCOC2C[C@H](CO)C[C@@H]21. The van der Waals surface area contributed by atoms with Crippen LogP contribution in [0.4, 0.5) is 11.6 Å². The first-order chi connectivity index (χ1) is 12.7. The number of para-hydroxylation sites is 1.